The van der Waals surface area contributed by atoms with E-state index in [9.17, 15) is 15.0 Å². The first-order chi connectivity index (χ1) is 12.6. The second kappa shape index (κ2) is 6.54. The van der Waals surface area contributed by atoms with Crippen molar-refractivity contribution in [1.29, 1.82) is 0 Å². The number of carboxylic acids is 1. The van der Waals surface area contributed by atoms with Gasteiger partial charge in [-0.3, -0.25) is 0 Å². The van der Waals surface area contributed by atoms with Crippen LogP contribution in [-0.4, -0.2) is 21.9 Å². The third-order valence-corrected chi connectivity index (χ3v) is 4.38. The van der Waals surface area contributed by atoms with Crippen LogP contribution in [0.15, 0.2) is 72.8 Å². The minimum atomic E-state index is -1.25. The van der Waals surface area contributed by atoms with E-state index in [1.54, 1.807) is 0 Å². The molecule has 0 saturated heterocycles. The minimum Gasteiger partial charge on any atom is -0.545 e. The number of hydrogen-bond donors (Lipinski definition) is 1. The molecule has 0 bridgehead atoms. The van der Waals surface area contributed by atoms with Crippen LogP contribution in [-0.2, 0) is 6.54 Å². The third-order valence-electron chi connectivity index (χ3n) is 4.38. The molecule has 0 aliphatic carbocycles. The van der Waals surface area contributed by atoms with E-state index in [0.717, 1.165) is 21.8 Å². The predicted molar refractivity (Wildman–Crippen MR) is 96.9 cm³/mol. The summed E-state index contributed by atoms with van der Waals surface area (Å²) in [7, 11) is 0. The molecule has 0 saturated carbocycles. The zero-order chi connectivity index (χ0) is 18.1. The van der Waals surface area contributed by atoms with Gasteiger partial charge in [0.15, 0.2) is 0 Å². The topological polar surface area (TPSA) is 74.5 Å². The Morgan fingerprint density at radius 2 is 1.46 bits per heavy atom. The van der Waals surface area contributed by atoms with Crippen LogP contribution in [0.3, 0.4) is 0 Å². The summed E-state index contributed by atoms with van der Waals surface area (Å²) >= 11 is 0. The van der Waals surface area contributed by atoms with Gasteiger partial charge in [-0.25, -0.2) is 0 Å². The number of aliphatic hydroxyl groups is 1. The zero-order valence-electron chi connectivity index (χ0n) is 13.8. The van der Waals surface area contributed by atoms with Crippen molar-refractivity contribution in [3.05, 3.63) is 78.4 Å². The van der Waals surface area contributed by atoms with Crippen molar-refractivity contribution < 1.29 is 19.7 Å². The number of aromatic nitrogens is 1. The van der Waals surface area contributed by atoms with Crippen LogP contribution in [0.5, 0.6) is 5.75 Å². The van der Waals surface area contributed by atoms with Crippen molar-refractivity contribution in [1.82, 2.24) is 4.57 Å². The monoisotopic (exact) mass is 346 g/mol. The molecule has 0 spiro atoms. The molecule has 5 nitrogen and oxygen atoms in total. The summed E-state index contributed by atoms with van der Waals surface area (Å²) in [4.78, 5) is 10.8. The van der Waals surface area contributed by atoms with Crippen LogP contribution in [0.4, 0.5) is 0 Å². The van der Waals surface area contributed by atoms with E-state index in [0.29, 0.717) is 5.75 Å². The van der Waals surface area contributed by atoms with Gasteiger partial charge in [-0.1, -0.05) is 36.4 Å². The number of benzene rings is 3. The highest BCUT2D eigenvalue weighted by molar-refractivity contribution is 6.07. The molecule has 1 unspecified atom stereocenters. The molecule has 0 aliphatic heterocycles. The smallest absolute Gasteiger partial charge is 0.215 e. The Balaban J connectivity index is 1.63. The van der Waals surface area contributed by atoms with Crippen LogP contribution in [0, 0.1) is 0 Å². The van der Waals surface area contributed by atoms with Crippen molar-refractivity contribution >= 4 is 27.8 Å². The zero-order valence-corrected chi connectivity index (χ0v) is 13.8. The molecule has 4 aromatic rings. The lowest BCUT2D eigenvalue weighted by Crippen LogP contribution is -2.23. The molecular weight excluding hydrogens is 330 g/mol. The lowest BCUT2D eigenvalue weighted by atomic mass is 10.2. The van der Waals surface area contributed by atoms with Crippen LogP contribution in [0.2, 0.25) is 0 Å². The average molecular weight is 346 g/mol. The Morgan fingerprint density at radius 3 is 2.00 bits per heavy atom. The van der Waals surface area contributed by atoms with Gasteiger partial charge < -0.3 is 24.3 Å². The fourth-order valence-corrected chi connectivity index (χ4v) is 3.22. The van der Waals surface area contributed by atoms with E-state index in [1.807, 2.05) is 41.0 Å². The Labute approximate surface area is 149 Å². The van der Waals surface area contributed by atoms with Crippen molar-refractivity contribution in [2.75, 3.05) is 0 Å². The van der Waals surface area contributed by atoms with Gasteiger partial charge in [0.1, 0.15) is 5.75 Å². The summed E-state index contributed by atoms with van der Waals surface area (Å²) in [6.45, 7) is 0.246. The van der Waals surface area contributed by atoms with Gasteiger partial charge in [0.25, 0.3) is 0 Å². The number of fused-ring (bicyclic) bond motifs is 3. The molecule has 1 heterocycles. The molecule has 26 heavy (non-hydrogen) atoms. The summed E-state index contributed by atoms with van der Waals surface area (Å²) in [6.07, 6.45) is -1.08. The number of aromatic carboxylic acids is 1. The number of carbonyl (C=O) groups is 1. The summed E-state index contributed by atoms with van der Waals surface area (Å²) in [5.74, 6) is -0.856. The van der Waals surface area contributed by atoms with Crippen LogP contribution >= 0.6 is 0 Å². The van der Waals surface area contributed by atoms with Crippen molar-refractivity contribution in [2.45, 2.75) is 12.8 Å². The molecule has 0 radical (unpaired) electrons. The molecule has 5 heteroatoms. The van der Waals surface area contributed by atoms with Crippen LogP contribution in [0.25, 0.3) is 21.8 Å². The standard InChI is InChI=1S/C21H17NO4/c23-20(26-15-11-9-14(10-12-15)21(24)25)13-22-18-7-3-1-5-16(18)17-6-2-4-8-19(17)22/h1-12,20,23H,13H2,(H,24,25)/p-1. The van der Waals surface area contributed by atoms with Gasteiger partial charge in [-0.2, -0.15) is 0 Å². The number of hydrogen-bond acceptors (Lipinski definition) is 4. The van der Waals surface area contributed by atoms with E-state index >= 15 is 0 Å². The maximum absolute atomic E-state index is 10.8. The highest BCUT2D eigenvalue weighted by atomic mass is 16.6. The number of ether oxygens (including phenoxy) is 1. The van der Waals surface area contributed by atoms with Crippen LogP contribution < -0.4 is 9.84 Å². The summed E-state index contributed by atoms with van der Waals surface area (Å²) < 4.78 is 7.56. The van der Waals surface area contributed by atoms with E-state index in [4.69, 9.17) is 4.74 Å². The summed E-state index contributed by atoms with van der Waals surface area (Å²) in [5.41, 5.74) is 2.10. The molecule has 130 valence electrons. The lowest BCUT2D eigenvalue weighted by Gasteiger charge is -2.16. The molecule has 3 aromatic carbocycles. The highest BCUT2D eigenvalue weighted by Gasteiger charge is 2.14. The molecule has 4 rings (SSSR count). The van der Waals surface area contributed by atoms with Gasteiger partial charge in [-0.15, -0.1) is 0 Å². The van der Waals surface area contributed by atoms with Gasteiger partial charge in [0, 0.05) is 21.8 Å². The Hall–Kier alpha value is -3.31. The van der Waals surface area contributed by atoms with Crippen molar-refractivity contribution in [3.8, 4) is 5.75 Å². The number of carboxylic acid groups (broad SMARTS) is 1. The predicted octanol–water partition coefficient (Wildman–Crippen LogP) is 2.56. The second-order valence-electron chi connectivity index (χ2n) is 6.03. The number of carbonyl (C=O) groups excluding carboxylic acids is 1. The highest BCUT2D eigenvalue weighted by Crippen LogP contribution is 2.29. The van der Waals surface area contributed by atoms with Gasteiger partial charge in [-0.05, 0) is 42.0 Å². The van der Waals surface area contributed by atoms with E-state index in [2.05, 4.69) is 12.1 Å². The number of nitrogens with zero attached hydrogens (tertiary/aromatic N) is 1. The lowest BCUT2D eigenvalue weighted by molar-refractivity contribution is -0.255. The Morgan fingerprint density at radius 1 is 0.923 bits per heavy atom. The second-order valence-corrected chi connectivity index (χ2v) is 6.03. The first-order valence-electron chi connectivity index (χ1n) is 8.25. The molecule has 0 amide bonds. The van der Waals surface area contributed by atoms with E-state index < -0.39 is 12.3 Å². The fourth-order valence-electron chi connectivity index (χ4n) is 3.22. The SMILES string of the molecule is O=C([O-])c1ccc(OC(O)Cn2c3ccccc3c3ccccc32)cc1. The molecule has 0 aliphatic rings. The third kappa shape index (κ3) is 2.89. The van der Waals surface area contributed by atoms with Gasteiger partial charge in [0.2, 0.25) is 6.29 Å². The first-order valence-corrected chi connectivity index (χ1v) is 8.25. The summed E-state index contributed by atoms with van der Waals surface area (Å²) in [5, 5.41) is 23.4. The van der Waals surface area contributed by atoms with Crippen LogP contribution in [0.1, 0.15) is 10.4 Å². The number of rotatable bonds is 5. The maximum Gasteiger partial charge on any atom is 0.215 e. The van der Waals surface area contributed by atoms with E-state index in [1.165, 1.54) is 24.3 Å². The largest absolute Gasteiger partial charge is 0.545 e. The average Bonchev–Trinajstić information content (AvgIpc) is 2.96. The Kier molecular flexibility index (Phi) is 4.07. The van der Waals surface area contributed by atoms with Crippen molar-refractivity contribution in [2.24, 2.45) is 0 Å². The number of para-hydroxylation sites is 2. The minimum absolute atomic E-state index is 0.0641. The fraction of sp³-hybridized carbons (Fsp3) is 0.0952. The quantitative estimate of drug-likeness (QED) is 0.564. The number of aliphatic hydroxyl groups excluding tert-OH is 1. The molecule has 0 fully saturated rings. The van der Waals surface area contributed by atoms with Crippen molar-refractivity contribution in [3.63, 3.8) is 0 Å². The van der Waals surface area contributed by atoms with Gasteiger partial charge >= 0.3 is 0 Å². The molecule has 1 N–H and O–H groups in total. The molecule has 1 atom stereocenters. The molecule has 1 aromatic heterocycles. The van der Waals surface area contributed by atoms with Gasteiger partial charge in [0.05, 0.1) is 12.5 Å². The summed E-state index contributed by atoms with van der Waals surface area (Å²) in [6, 6.07) is 21.8. The normalized spacial score (nSPS) is 12.3. The Bertz CT molecular complexity index is 1030. The maximum atomic E-state index is 10.8. The molecular formula is C21H16NO4-. The van der Waals surface area contributed by atoms with E-state index in [-0.39, 0.29) is 12.1 Å². The first kappa shape index (κ1) is 16.2.